The average Bonchev–Trinajstić information content (AvgIpc) is 3.31. The molecule has 4 rings (SSSR count). The van der Waals surface area contributed by atoms with Crippen LogP contribution < -0.4 is 4.90 Å². The van der Waals surface area contributed by atoms with Gasteiger partial charge in [0.1, 0.15) is 5.82 Å². The van der Waals surface area contributed by atoms with Crippen LogP contribution in [-0.4, -0.2) is 72.1 Å². The predicted molar refractivity (Wildman–Crippen MR) is 160 cm³/mol. The van der Waals surface area contributed by atoms with Crippen molar-refractivity contribution < 1.29 is 4.79 Å². The van der Waals surface area contributed by atoms with Gasteiger partial charge in [0.2, 0.25) is 0 Å². The van der Waals surface area contributed by atoms with Crippen LogP contribution in [0.1, 0.15) is 75.6 Å². The molecule has 1 fully saturated rings. The predicted octanol–water partition coefficient (Wildman–Crippen LogP) is 6.69. The van der Waals surface area contributed by atoms with Crippen molar-refractivity contribution in [3.05, 3.63) is 48.0 Å². The van der Waals surface area contributed by atoms with E-state index in [2.05, 4.69) is 72.6 Å². The Morgan fingerprint density at radius 1 is 0.868 bits per heavy atom. The van der Waals surface area contributed by atoms with Crippen molar-refractivity contribution in [1.29, 1.82) is 0 Å². The summed E-state index contributed by atoms with van der Waals surface area (Å²) in [6.07, 6.45) is 9.33. The number of aryl methyl sites for hydroxylation is 1. The molecule has 0 bridgehead atoms. The minimum absolute atomic E-state index is 0.145. The Kier molecular flexibility index (Phi) is 10.2. The van der Waals surface area contributed by atoms with Crippen LogP contribution in [0, 0.1) is 0 Å². The van der Waals surface area contributed by atoms with Gasteiger partial charge in [0.05, 0.1) is 11.0 Å². The van der Waals surface area contributed by atoms with Crippen LogP contribution in [0.4, 0.5) is 5.69 Å². The van der Waals surface area contributed by atoms with Gasteiger partial charge in [-0.15, -0.1) is 0 Å². The van der Waals surface area contributed by atoms with Crippen molar-refractivity contribution in [2.45, 2.75) is 71.8 Å². The van der Waals surface area contributed by atoms with Crippen LogP contribution in [0.3, 0.4) is 0 Å². The molecule has 6 heteroatoms. The molecule has 1 aromatic heterocycles. The third-order valence-corrected chi connectivity index (χ3v) is 7.79. The first kappa shape index (κ1) is 28.2. The highest BCUT2D eigenvalue weighted by molar-refractivity contribution is 5.98. The lowest BCUT2D eigenvalue weighted by atomic mass is 10.1. The molecule has 3 aromatic rings. The summed E-state index contributed by atoms with van der Waals surface area (Å²) in [6.45, 7) is 10.5. The van der Waals surface area contributed by atoms with Gasteiger partial charge < -0.3 is 19.3 Å². The van der Waals surface area contributed by atoms with Crippen molar-refractivity contribution in [3.8, 4) is 11.4 Å². The van der Waals surface area contributed by atoms with E-state index in [0.29, 0.717) is 0 Å². The van der Waals surface area contributed by atoms with Crippen LogP contribution in [0.2, 0.25) is 0 Å². The molecule has 2 heterocycles. The summed E-state index contributed by atoms with van der Waals surface area (Å²) in [5.41, 5.74) is 5.09. The molecule has 1 aliphatic rings. The van der Waals surface area contributed by atoms with E-state index in [1.165, 1.54) is 38.0 Å². The molecule has 6 nitrogen and oxygen atoms in total. The van der Waals surface area contributed by atoms with E-state index in [9.17, 15) is 4.79 Å². The molecule has 0 N–H and O–H groups in total. The highest BCUT2D eigenvalue weighted by Gasteiger charge is 2.19. The highest BCUT2D eigenvalue weighted by atomic mass is 16.2. The van der Waals surface area contributed by atoms with Crippen LogP contribution in [0.25, 0.3) is 22.4 Å². The molecule has 0 unspecified atom stereocenters. The highest BCUT2D eigenvalue weighted by Crippen LogP contribution is 2.28. The zero-order valence-electron chi connectivity index (χ0n) is 24.1. The summed E-state index contributed by atoms with van der Waals surface area (Å²) in [5.74, 6) is 1.13. The Balaban J connectivity index is 1.66. The lowest BCUT2D eigenvalue weighted by molar-refractivity contribution is 0.0751. The van der Waals surface area contributed by atoms with E-state index < -0.39 is 0 Å². The number of likely N-dealkylation sites (tertiary alicyclic amines) is 1. The van der Waals surface area contributed by atoms with Gasteiger partial charge in [-0.05, 0) is 94.2 Å². The van der Waals surface area contributed by atoms with E-state index in [1.54, 1.807) is 0 Å². The number of nitrogens with zero attached hydrogens (tertiary/aromatic N) is 5. The van der Waals surface area contributed by atoms with Crippen molar-refractivity contribution in [3.63, 3.8) is 0 Å². The number of fused-ring (bicyclic) bond motifs is 1. The number of unbranched alkanes of at least 4 members (excludes halogenated alkanes) is 2. The third kappa shape index (κ3) is 6.96. The summed E-state index contributed by atoms with van der Waals surface area (Å²) < 4.78 is 2.35. The van der Waals surface area contributed by atoms with Gasteiger partial charge in [0.15, 0.2) is 0 Å². The Bertz CT molecular complexity index is 1150. The maximum atomic E-state index is 13.6. The number of carbonyl (C=O) groups is 1. The molecule has 2 aromatic carbocycles. The fraction of sp³-hybridized carbons (Fsp3) is 0.562. The zero-order valence-corrected chi connectivity index (χ0v) is 24.1. The fourth-order valence-electron chi connectivity index (χ4n) is 5.44. The van der Waals surface area contributed by atoms with Gasteiger partial charge in [-0.25, -0.2) is 4.98 Å². The zero-order chi connectivity index (χ0) is 26.9. The standard InChI is InChI=1S/C32H47N5O/c1-5-7-22-36(23-8-6-2)32(38)27-15-18-29-30(25-27)37(24-12-21-35-19-10-9-11-20-35)31(33-29)26-13-16-28(17-14-26)34(3)4/h13-18,25H,5-12,19-24H2,1-4H3. The second-order valence-electron chi connectivity index (χ2n) is 11.0. The van der Waals surface area contributed by atoms with E-state index in [0.717, 1.165) is 86.3 Å². The first-order valence-electron chi connectivity index (χ1n) is 14.8. The number of piperidine rings is 1. The number of aromatic nitrogens is 2. The molecule has 0 aliphatic carbocycles. The number of benzene rings is 2. The Morgan fingerprint density at radius 2 is 1.55 bits per heavy atom. The number of hydrogen-bond acceptors (Lipinski definition) is 4. The normalized spacial score (nSPS) is 14.2. The molecule has 0 radical (unpaired) electrons. The average molecular weight is 518 g/mol. The molecule has 0 spiro atoms. The molecule has 0 atom stereocenters. The second kappa shape index (κ2) is 13.8. The summed E-state index contributed by atoms with van der Waals surface area (Å²) in [4.78, 5) is 25.4. The summed E-state index contributed by atoms with van der Waals surface area (Å²) >= 11 is 0. The van der Waals surface area contributed by atoms with E-state index in [4.69, 9.17) is 4.98 Å². The molecule has 0 saturated carbocycles. The van der Waals surface area contributed by atoms with Gasteiger partial charge in [0, 0.05) is 50.5 Å². The van der Waals surface area contributed by atoms with Crippen LogP contribution in [0.5, 0.6) is 0 Å². The molecule has 1 aliphatic heterocycles. The number of anilines is 1. The second-order valence-corrected chi connectivity index (χ2v) is 11.0. The first-order chi connectivity index (χ1) is 18.5. The topological polar surface area (TPSA) is 44.6 Å². The Hall–Kier alpha value is -2.86. The molecule has 38 heavy (non-hydrogen) atoms. The number of carbonyl (C=O) groups excluding carboxylic acids is 1. The van der Waals surface area contributed by atoms with Crippen molar-refractivity contribution >= 4 is 22.6 Å². The lowest BCUT2D eigenvalue weighted by Gasteiger charge is -2.26. The first-order valence-corrected chi connectivity index (χ1v) is 14.8. The van der Waals surface area contributed by atoms with Crippen molar-refractivity contribution in [1.82, 2.24) is 19.4 Å². The Morgan fingerprint density at radius 3 is 2.18 bits per heavy atom. The molecule has 206 valence electrons. The van der Waals surface area contributed by atoms with Gasteiger partial charge in [-0.1, -0.05) is 33.1 Å². The van der Waals surface area contributed by atoms with Gasteiger partial charge in [-0.2, -0.15) is 0 Å². The van der Waals surface area contributed by atoms with Gasteiger partial charge in [-0.3, -0.25) is 4.79 Å². The maximum absolute atomic E-state index is 13.6. The summed E-state index contributed by atoms with van der Waals surface area (Å²) in [6, 6.07) is 14.7. The largest absolute Gasteiger partial charge is 0.378 e. The van der Waals surface area contributed by atoms with E-state index in [1.807, 2.05) is 17.0 Å². The van der Waals surface area contributed by atoms with Gasteiger partial charge in [0.25, 0.3) is 5.91 Å². The summed E-state index contributed by atoms with van der Waals surface area (Å²) in [5, 5.41) is 0. The van der Waals surface area contributed by atoms with E-state index >= 15 is 0 Å². The molecule has 1 amide bonds. The number of imidazole rings is 1. The van der Waals surface area contributed by atoms with E-state index in [-0.39, 0.29) is 5.91 Å². The van der Waals surface area contributed by atoms with Crippen LogP contribution in [-0.2, 0) is 6.54 Å². The molecular formula is C32H47N5O. The summed E-state index contributed by atoms with van der Waals surface area (Å²) in [7, 11) is 4.13. The lowest BCUT2D eigenvalue weighted by Crippen LogP contribution is -2.33. The van der Waals surface area contributed by atoms with Crippen molar-refractivity contribution in [2.75, 3.05) is 51.7 Å². The number of hydrogen-bond donors (Lipinski definition) is 0. The minimum atomic E-state index is 0.145. The minimum Gasteiger partial charge on any atom is -0.378 e. The van der Waals surface area contributed by atoms with Crippen LogP contribution in [0.15, 0.2) is 42.5 Å². The Labute approximate surface area is 229 Å². The third-order valence-electron chi connectivity index (χ3n) is 7.79. The molecular weight excluding hydrogens is 470 g/mol. The monoisotopic (exact) mass is 517 g/mol. The van der Waals surface area contributed by atoms with Crippen LogP contribution >= 0.6 is 0 Å². The quantitative estimate of drug-likeness (QED) is 0.253. The van der Waals surface area contributed by atoms with Gasteiger partial charge >= 0.3 is 0 Å². The van der Waals surface area contributed by atoms with Crippen molar-refractivity contribution in [2.24, 2.45) is 0 Å². The number of rotatable bonds is 13. The smallest absolute Gasteiger partial charge is 0.253 e. The number of amides is 1. The SMILES string of the molecule is CCCCN(CCCC)C(=O)c1ccc2nc(-c3ccc(N(C)C)cc3)n(CCCN3CCCCC3)c2c1. The maximum Gasteiger partial charge on any atom is 0.253 e. The fourth-order valence-corrected chi connectivity index (χ4v) is 5.44. The molecule has 1 saturated heterocycles.